The third-order valence-electron chi connectivity index (χ3n) is 5.03. The summed E-state index contributed by atoms with van der Waals surface area (Å²) in [5.41, 5.74) is 1.89. The summed E-state index contributed by atoms with van der Waals surface area (Å²) in [6, 6.07) is 3.25. The molecule has 0 unspecified atom stereocenters. The number of fused-ring (bicyclic) bond motifs is 1. The molecule has 0 atom stereocenters. The van der Waals surface area contributed by atoms with Gasteiger partial charge in [-0.25, -0.2) is 9.37 Å². The molecule has 0 aliphatic carbocycles. The Morgan fingerprint density at radius 2 is 2.04 bits per heavy atom. The molecule has 0 bridgehead atoms. The van der Waals surface area contributed by atoms with Gasteiger partial charge in [-0.2, -0.15) is 0 Å². The third-order valence-corrected chi connectivity index (χ3v) is 5.03. The number of H-pyrrole nitrogens is 1. The van der Waals surface area contributed by atoms with Crippen LogP contribution >= 0.6 is 0 Å². The average molecular weight is 376 g/mol. The van der Waals surface area contributed by atoms with Gasteiger partial charge in [-0.15, -0.1) is 0 Å². The van der Waals surface area contributed by atoms with Crippen molar-refractivity contribution in [3.63, 3.8) is 0 Å². The quantitative estimate of drug-likeness (QED) is 0.644. The maximum absolute atomic E-state index is 14.5. The molecule has 3 N–H and O–H groups in total. The Morgan fingerprint density at radius 1 is 1.30 bits per heavy atom. The summed E-state index contributed by atoms with van der Waals surface area (Å²) >= 11 is 0. The Balaban J connectivity index is 1.63. The summed E-state index contributed by atoms with van der Waals surface area (Å²) in [4.78, 5) is 24.0. The predicted molar refractivity (Wildman–Crippen MR) is 106 cm³/mol. The fourth-order valence-corrected chi connectivity index (χ4v) is 3.41. The normalized spacial score (nSPS) is 14.9. The van der Waals surface area contributed by atoms with Gasteiger partial charge in [0.2, 0.25) is 5.91 Å². The number of piperazine rings is 1. The molecule has 2 aromatic rings. The number of likely N-dealkylation sites (N-methyl/N-ethyl adjacent to an activating group) is 1. The third kappa shape index (κ3) is 4.95. The van der Waals surface area contributed by atoms with Crippen LogP contribution < -0.4 is 15.5 Å². The molecule has 1 aliphatic heterocycles. The van der Waals surface area contributed by atoms with Crippen molar-refractivity contribution < 1.29 is 9.18 Å². The predicted octanol–water partition coefficient (Wildman–Crippen LogP) is 1.11. The number of amides is 1. The summed E-state index contributed by atoms with van der Waals surface area (Å²) in [5, 5.41) is 6.18. The lowest BCUT2D eigenvalue weighted by molar-refractivity contribution is -0.120. The van der Waals surface area contributed by atoms with Crippen LogP contribution in [-0.4, -0.2) is 73.1 Å². The molecule has 0 spiro atoms. The molecule has 1 amide bonds. The van der Waals surface area contributed by atoms with E-state index in [9.17, 15) is 9.18 Å². The largest absolute Gasteiger partial charge is 0.367 e. The maximum atomic E-state index is 14.5. The first-order valence-corrected chi connectivity index (χ1v) is 9.73. The van der Waals surface area contributed by atoms with Gasteiger partial charge in [-0.1, -0.05) is 13.8 Å². The number of anilines is 1. The van der Waals surface area contributed by atoms with Gasteiger partial charge in [0, 0.05) is 45.3 Å². The Labute approximate surface area is 159 Å². The van der Waals surface area contributed by atoms with Crippen LogP contribution in [0.4, 0.5) is 10.1 Å². The lowest BCUT2D eigenvalue weighted by atomic mass is 10.2. The van der Waals surface area contributed by atoms with Crippen LogP contribution in [0.25, 0.3) is 11.0 Å². The van der Waals surface area contributed by atoms with Crippen LogP contribution in [0, 0.1) is 5.82 Å². The first kappa shape index (κ1) is 19.6. The van der Waals surface area contributed by atoms with Crippen molar-refractivity contribution in [3.8, 4) is 0 Å². The van der Waals surface area contributed by atoms with Crippen molar-refractivity contribution in [1.29, 1.82) is 0 Å². The molecule has 8 heteroatoms. The van der Waals surface area contributed by atoms with Gasteiger partial charge in [-0.3, -0.25) is 4.79 Å². The lowest BCUT2D eigenvalue weighted by Crippen LogP contribution is -2.43. The molecule has 1 saturated heterocycles. The monoisotopic (exact) mass is 376 g/mol. The SMILES string of the molecule is CCN(CC)CCNC(=O)Cc1nc2cc(N3CCNCC3)c(F)cc2[nH]1. The van der Waals surface area contributed by atoms with Gasteiger partial charge in [0.1, 0.15) is 11.6 Å². The van der Waals surface area contributed by atoms with Crippen LogP contribution in [0.15, 0.2) is 12.1 Å². The fraction of sp³-hybridized carbons (Fsp3) is 0.579. The van der Waals surface area contributed by atoms with E-state index in [4.69, 9.17) is 0 Å². The fourth-order valence-electron chi connectivity index (χ4n) is 3.41. The molecular formula is C19H29FN6O. The van der Waals surface area contributed by atoms with Crippen molar-refractivity contribution in [2.45, 2.75) is 20.3 Å². The molecule has 2 heterocycles. The van der Waals surface area contributed by atoms with E-state index < -0.39 is 0 Å². The van der Waals surface area contributed by atoms with Crippen LogP contribution in [-0.2, 0) is 11.2 Å². The Morgan fingerprint density at radius 3 is 2.74 bits per heavy atom. The van der Waals surface area contributed by atoms with E-state index in [0.717, 1.165) is 45.8 Å². The van der Waals surface area contributed by atoms with Crippen molar-refractivity contribution in [1.82, 2.24) is 25.5 Å². The van der Waals surface area contributed by atoms with Crippen molar-refractivity contribution >= 4 is 22.6 Å². The van der Waals surface area contributed by atoms with E-state index in [1.54, 1.807) is 6.07 Å². The van der Waals surface area contributed by atoms with Gasteiger partial charge in [0.25, 0.3) is 0 Å². The number of nitrogens with zero attached hydrogens (tertiary/aromatic N) is 3. The Hall–Kier alpha value is -2.19. The van der Waals surface area contributed by atoms with Crippen LogP contribution in [0.5, 0.6) is 0 Å². The molecule has 1 aromatic carbocycles. The summed E-state index contributed by atoms with van der Waals surface area (Å²) < 4.78 is 14.5. The number of hydrogen-bond acceptors (Lipinski definition) is 5. The highest BCUT2D eigenvalue weighted by molar-refractivity contribution is 5.82. The molecule has 27 heavy (non-hydrogen) atoms. The number of imidazole rings is 1. The highest BCUT2D eigenvalue weighted by Crippen LogP contribution is 2.25. The number of benzene rings is 1. The molecule has 0 saturated carbocycles. The smallest absolute Gasteiger partial charge is 0.227 e. The molecule has 7 nitrogen and oxygen atoms in total. The van der Waals surface area contributed by atoms with Gasteiger partial charge in [-0.05, 0) is 19.2 Å². The van der Waals surface area contributed by atoms with Crippen LogP contribution in [0.3, 0.4) is 0 Å². The number of aromatic nitrogens is 2. The van der Waals surface area contributed by atoms with Crippen LogP contribution in [0.2, 0.25) is 0 Å². The standard InChI is InChI=1S/C19H29FN6O/c1-3-25(4-2)8-7-22-19(27)13-18-23-15-11-14(20)17(12-16(15)24-18)26-9-5-21-6-10-26/h11-12,21H,3-10,13H2,1-2H3,(H,22,27)(H,23,24). The zero-order valence-electron chi connectivity index (χ0n) is 16.1. The van der Waals surface area contributed by atoms with Crippen molar-refractivity contribution in [3.05, 3.63) is 23.8 Å². The van der Waals surface area contributed by atoms with E-state index in [1.165, 1.54) is 6.07 Å². The number of hydrogen-bond donors (Lipinski definition) is 3. The zero-order chi connectivity index (χ0) is 19.2. The summed E-state index contributed by atoms with van der Waals surface area (Å²) in [6.45, 7) is 10.8. The van der Waals surface area contributed by atoms with Gasteiger partial charge >= 0.3 is 0 Å². The van der Waals surface area contributed by atoms with Gasteiger partial charge < -0.3 is 25.4 Å². The van der Waals surface area contributed by atoms with Crippen molar-refractivity contribution in [2.24, 2.45) is 0 Å². The zero-order valence-corrected chi connectivity index (χ0v) is 16.1. The number of nitrogens with one attached hydrogen (secondary N) is 3. The van der Waals surface area contributed by atoms with Gasteiger partial charge in [0.05, 0.1) is 23.1 Å². The summed E-state index contributed by atoms with van der Waals surface area (Å²) in [5.74, 6) is 0.217. The molecule has 3 rings (SSSR count). The second kappa shape index (κ2) is 9.14. The minimum Gasteiger partial charge on any atom is -0.367 e. The van der Waals surface area contributed by atoms with Crippen LogP contribution in [0.1, 0.15) is 19.7 Å². The minimum atomic E-state index is -0.261. The Bertz CT molecular complexity index is 767. The molecule has 148 valence electrons. The molecule has 0 radical (unpaired) electrons. The summed E-state index contributed by atoms with van der Waals surface area (Å²) in [7, 11) is 0. The van der Waals surface area contributed by atoms with E-state index in [1.807, 2.05) is 4.90 Å². The lowest BCUT2D eigenvalue weighted by Gasteiger charge is -2.29. The van der Waals surface area contributed by atoms with E-state index in [-0.39, 0.29) is 18.1 Å². The highest BCUT2D eigenvalue weighted by atomic mass is 19.1. The minimum absolute atomic E-state index is 0.0796. The van der Waals surface area contributed by atoms with E-state index in [0.29, 0.717) is 29.1 Å². The van der Waals surface area contributed by atoms with Gasteiger partial charge in [0.15, 0.2) is 0 Å². The van der Waals surface area contributed by atoms with Crippen molar-refractivity contribution in [2.75, 3.05) is 57.3 Å². The molecule has 1 aliphatic rings. The highest BCUT2D eigenvalue weighted by Gasteiger charge is 2.17. The topological polar surface area (TPSA) is 76.3 Å². The van der Waals surface area contributed by atoms with E-state index >= 15 is 0 Å². The second-order valence-electron chi connectivity index (χ2n) is 6.79. The molecule has 1 aromatic heterocycles. The number of halogens is 1. The first-order chi connectivity index (χ1) is 13.1. The van der Waals surface area contributed by atoms with E-state index in [2.05, 4.69) is 39.3 Å². The number of rotatable bonds is 8. The Kier molecular flexibility index (Phi) is 6.63. The number of carbonyl (C=O) groups is 1. The molecule has 1 fully saturated rings. The average Bonchev–Trinajstić information content (AvgIpc) is 3.06. The number of aromatic amines is 1. The maximum Gasteiger partial charge on any atom is 0.227 e. The summed E-state index contributed by atoms with van der Waals surface area (Å²) in [6.07, 6.45) is 0.164. The molecular weight excluding hydrogens is 347 g/mol. The first-order valence-electron chi connectivity index (χ1n) is 9.73. The second-order valence-corrected chi connectivity index (χ2v) is 6.79. The number of carbonyl (C=O) groups excluding carboxylic acids is 1.